The monoisotopic (exact) mass is 371 g/mol. The molecule has 3 aromatic rings. The fraction of sp³-hybridized carbons (Fsp3) is 0.150. The Hall–Kier alpha value is -2.30. The van der Waals surface area contributed by atoms with Gasteiger partial charge in [-0.05, 0) is 48.2 Å². The minimum Gasteiger partial charge on any atom is -0.484 e. The Labute approximate surface area is 156 Å². The molecule has 2 aromatic carbocycles. The number of halogens is 1. The molecule has 0 aliphatic carbocycles. The van der Waals surface area contributed by atoms with E-state index in [4.69, 9.17) is 16.3 Å². The number of carbonyl (C=O) groups is 1. The molecule has 1 aromatic heterocycles. The van der Waals surface area contributed by atoms with Gasteiger partial charge in [-0.2, -0.15) is 0 Å². The Bertz CT molecular complexity index is 814. The molecule has 3 rings (SSSR count). The van der Waals surface area contributed by atoms with Gasteiger partial charge in [-0.3, -0.25) is 4.79 Å². The zero-order chi connectivity index (χ0) is 17.6. The van der Waals surface area contributed by atoms with Crippen molar-refractivity contribution in [3.05, 3.63) is 87.1 Å². The second-order valence-electron chi connectivity index (χ2n) is 5.67. The fourth-order valence-corrected chi connectivity index (χ4v) is 3.34. The predicted octanol–water partition coefficient (Wildman–Crippen LogP) is 4.99. The molecule has 1 N–H and O–H groups in total. The van der Waals surface area contributed by atoms with Crippen LogP contribution in [-0.4, -0.2) is 12.5 Å². The van der Waals surface area contributed by atoms with E-state index < -0.39 is 0 Å². The largest absolute Gasteiger partial charge is 0.484 e. The molecule has 0 fully saturated rings. The summed E-state index contributed by atoms with van der Waals surface area (Å²) in [5, 5.41) is 5.70. The Balaban J connectivity index is 1.68. The van der Waals surface area contributed by atoms with Crippen molar-refractivity contribution >= 4 is 28.8 Å². The van der Waals surface area contributed by atoms with E-state index in [0.29, 0.717) is 10.8 Å². The number of hydrogen-bond acceptors (Lipinski definition) is 3. The molecule has 0 unspecified atom stereocenters. The molecule has 0 spiro atoms. The van der Waals surface area contributed by atoms with Gasteiger partial charge in [0.2, 0.25) is 0 Å². The molecule has 3 nitrogen and oxygen atoms in total. The van der Waals surface area contributed by atoms with E-state index in [1.807, 2.05) is 48.7 Å². The Kier molecular flexibility index (Phi) is 5.74. The van der Waals surface area contributed by atoms with Gasteiger partial charge in [0.15, 0.2) is 6.61 Å². The molecular formula is C20H18ClNO2S. The number of aryl methyl sites for hydroxylation is 1. The summed E-state index contributed by atoms with van der Waals surface area (Å²) in [6.45, 7) is 2.00. The molecule has 0 saturated heterocycles. The SMILES string of the molecule is Cc1ccc([C@@H](NC(=O)COc2ccc(Cl)cc2)c2cccs2)cc1. The fourth-order valence-electron chi connectivity index (χ4n) is 2.42. The van der Waals surface area contributed by atoms with Crippen LogP contribution in [0.4, 0.5) is 0 Å². The van der Waals surface area contributed by atoms with Crippen molar-refractivity contribution in [1.29, 1.82) is 0 Å². The molecule has 0 bridgehead atoms. The number of amides is 1. The van der Waals surface area contributed by atoms with Gasteiger partial charge < -0.3 is 10.1 Å². The maximum Gasteiger partial charge on any atom is 0.258 e. The summed E-state index contributed by atoms with van der Waals surface area (Å²) >= 11 is 7.46. The zero-order valence-electron chi connectivity index (χ0n) is 13.7. The molecule has 1 amide bonds. The second kappa shape index (κ2) is 8.19. The lowest BCUT2D eigenvalue weighted by atomic mass is 10.0. The van der Waals surface area contributed by atoms with Crippen LogP contribution in [0.2, 0.25) is 5.02 Å². The third-order valence-electron chi connectivity index (χ3n) is 3.73. The number of thiophene rings is 1. The molecule has 0 aliphatic rings. The molecule has 1 heterocycles. The lowest BCUT2D eigenvalue weighted by Gasteiger charge is -2.18. The lowest BCUT2D eigenvalue weighted by molar-refractivity contribution is -0.123. The van der Waals surface area contributed by atoms with Gasteiger partial charge >= 0.3 is 0 Å². The zero-order valence-corrected chi connectivity index (χ0v) is 15.3. The first kappa shape index (κ1) is 17.5. The van der Waals surface area contributed by atoms with Crippen LogP contribution in [0.1, 0.15) is 22.0 Å². The molecule has 0 aliphatic heterocycles. The van der Waals surface area contributed by atoms with E-state index >= 15 is 0 Å². The topological polar surface area (TPSA) is 38.3 Å². The Morgan fingerprint density at radius 1 is 1.12 bits per heavy atom. The highest BCUT2D eigenvalue weighted by Gasteiger charge is 2.18. The molecule has 0 saturated carbocycles. The molecule has 0 radical (unpaired) electrons. The number of hydrogen-bond donors (Lipinski definition) is 1. The number of carbonyl (C=O) groups excluding carboxylic acids is 1. The standard InChI is InChI=1S/C20H18ClNO2S/c1-14-4-6-15(7-5-14)20(18-3-2-12-25-18)22-19(23)13-24-17-10-8-16(21)9-11-17/h2-12,20H,13H2,1H3,(H,22,23)/t20-/m1/s1. The van der Waals surface area contributed by atoms with E-state index in [2.05, 4.69) is 5.32 Å². The first-order valence-corrected chi connectivity index (χ1v) is 9.15. The highest BCUT2D eigenvalue weighted by molar-refractivity contribution is 7.10. The van der Waals surface area contributed by atoms with Gasteiger partial charge in [-0.1, -0.05) is 47.5 Å². The van der Waals surface area contributed by atoms with E-state index in [9.17, 15) is 4.79 Å². The summed E-state index contributed by atoms with van der Waals surface area (Å²) in [6, 6.07) is 19.0. The van der Waals surface area contributed by atoms with Crippen LogP contribution in [0.3, 0.4) is 0 Å². The molecule has 128 valence electrons. The quantitative estimate of drug-likeness (QED) is 0.662. The molecular weight excluding hydrogens is 354 g/mol. The summed E-state index contributed by atoms with van der Waals surface area (Å²) in [6.07, 6.45) is 0. The first-order valence-electron chi connectivity index (χ1n) is 7.89. The van der Waals surface area contributed by atoms with Crippen molar-refractivity contribution < 1.29 is 9.53 Å². The van der Waals surface area contributed by atoms with Gasteiger partial charge in [0.25, 0.3) is 5.91 Å². The number of nitrogens with one attached hydrogen (secondary N) is 1. The minimum atomic E-state index is -0.179. The number of benzene rings is 2. The summed E-state index contributed by atoms with van der Waals surface area (Å²) in [5.41, 5.74) is 2.24. The summed E-state index contributed by atoms with van der Waals surface area (Å²) in [5.74, 6) is 0.441. The van der Waals surface area contributed by atoms with Crippen LogP contribution in [-0.2, 0) is 4.79 Å². The third-order valence-corrected chi connectivity index (χ3v) is 4.92. The van der Waals surface area contributed by atoms with Crippen molar-refractivity contribution in [2.24, 2.45) is 0 Å². The Morgan fingerprint density at radius 3 is 2.48 bits per heavy atom. The van der Waals surface area contributed by atoms with Crippen LogP contribution < -0.4 is 10.1 Å². The predicted molar refractivity (Wildman–Crippen MR) is 102 cm³/mol. The molecule has 1 atom stereocenters. The van der Waals surface area contributed by atoms with E-state index in [-0.39, 0.29) is 18.6 Å². The average Bonchev–Trinajstić information content (AvgIpc) is 3.14. The van der Waals surface area contributed by atoms with Crippen LogP contribution in [0.25, 0.3) is 0 Å². The first-order chi connectivity index (χ1) is 12.1. The van der Waals surface area contributed by atoms with Crippen molar-refractivity contribution in [2.45, 2.75) is 13.0 Å². The maximum atomic E-state index is 12.4. The van der Waals surface area contributed by atoms with Crippen molar-refractivity contribution in [3.63, 3.8) is 0 Å². The minimum absolute atomic E-state index is 0.0463. The normalized spacial score (nSPS) is 11.8. The van der Waals surface area contributed by atoms with Gasteiger partial charge in [0.1, 0.15) is 5.75 Å². The third kappa shape index (κ3) is 4.84. The van der Waals surface area contributed by atoms with Crippen molar-refractivity contribution in [1.82, 2.24) is 5.32 Å². The molecule has 25 heavy (non-hydrogen) atoms. The number of rotatable bonds is 6. The lowest BCUT2D eigenvalue weighted by Crippen LogP contribution is -2.32. The van der Waals surface area contributed by atoms with Gasteiger partial charge in [-0.15, -0.1) is 11.3 Å². The maximum absolute atomic E-state index is 12.4. The Morgan fingerprint density at radius 2 is 1.84 bits per heavy atom. The van der Waals surface area contributed by atoms with Gasteiger partial charge in [0, 0.05) is 9.90 Å². The smallest absolute Gasteiger partial charge is 0.258 e. The van der Waals surface area contributed by atoms with E-state index in [0.717, 1.165) is 10.4 Å². The highest BCUT2D eigenvalue weighted by atomic mass is 35.5. The van der Waals surface area contributed by atoms with Crippen LogP contribution in [0.15, 0.2) is 66.0 Å². The van der Waals surface area contributed by atoms with Crippen LogP contribution in [0.5, 0.6) is 5.75 Å². The summed E-state index contributed by atoms with van der Waals surface area (Å²) < 4.78 is 5.53. The highest BCUT2D eigenvalue weighted by Crippen LogP contribution is 2.26. The van der Waals surface area contributed by atoms with Crippen LogP contribution >= 0.6 is 22.9 Å². The van der Waals surface area contributed by atoms with E-state index in [1.165, 1.54) is 5.56 Å². The second-order valence-corrected chi connectivity index (χ2v) is 7.08. The van der Waals surface area contributed by atoms with Crippen LogP contribution in [0, 0.1) is 6.92 Å². The van der Waals surface area contributed by atoms with Gasteiger partial charge in [-0.25, -0.2) is 0 Å². The summed E-state index contributed by atoms with van der Waals surface area (Å²) in [4.78, 5) is 13.5. The van der Waals surface area contributed by atoms with Gasteiger partial charge in [0.05, 0.1) is 6.04 Å². The molecule has 5 heteroatoms. The van der Waals surface area contributed by atoms with Crippen molar-refractivity contribution in [3.8, 4) is 5.75 Å². The average molecular weight is 372 g/mol. The number of ether oxygens (including phenoxy) is 1. The van der Waals surface area contributed by atoms with E-state index in [1.54, 1.807) is 35.6 Å². The van der Waals surface area contributed by atoms with Crippen molar-refractivity contribution in [2.75, 3.05) is 6.61 Å². The summed E-state index contributed by atoms with van der Waals surface area (Å²) in [7, 11) is 0.